The number of hydrogen-bond acceptors (Lipinski definition) is 6. The zero-order chi connectivity index (χ0) is 20.3. The summed E-state index contributed by atoms with van der Waals surface area (Å²) in [5.41, 5.74) is 1.31. The Labute approximate surface area is 165 Å². The van der Waals surface area contributed by atoms with Crippen molar-refractivity contribution in [3.05, 3.63) is 74.6 Å². The lowest BCUT2D eigenvalue weighted by Gasteiger charge is -2.12. The van der Waals surface area contributed by atoms with Crippen molar-refractivity contribution in [2.24, 2.45) is 0 Å². The Morgan fingerprint density at radius 3 is 2.61 bits per heavy atom. The molecule has 0 amide bonds. The van der Waals surface area contributed by atoms with E-state index in [1.165, 1.54) is 19.2 Å². The SMILES string of the molecule is COC(=O)CCc1cc2c(C)cc(=O)oc2cc1OC(=O)c1ccccc1Cl. The normalized spacial score (nSPS) is 10.7. The third-order valence-corrected chi connectivity index (χ3v) is 4.58. The molecule has 0 atom stereocenters. The first-order valence-electron chi connectivity index (χ1n) is 8.50. The van der Waals surface area contributed by atoms with Crippen molar-refractivity contribution in [1.82, 2.24) is 0 Å². The van der Waals surface area contributed by atoms with Crippen LogP contribution in [0.15, 0.2) is 51.7 Å². The van der Waals surface area contributed by atoms with Crippen LogP contribution in [0.5, 0.6) is 5.75 Å². The molecule has 28 heavy (non-hydrogen) atoms. The summed E-state index contributed by atoms with van der Waals surface area (Å²) in [4.78, 5) is 35.8. The van der Waals surface area contributed by atoms with E-state index >= 15 is 0 Å². The Balaban J connectivity index is 2.04. The summed E-state index contributed by atoms with van der Waals surface area (Å²) < 4.78 is 15.4. The van der Waals surface area contributed by atoms with Gasteiger partial charge in [0.1, 0.15) is 11.3 Å². The van der Waals surface area contributed by atoms with Crippen molar-refractivity contribution in [3.63, 3.8) is 0 Å². The van der Waals surface area contributed by atoms with Crippen molar-refractivity contribution in [2.45, 2.75) is 19.8 Å². The molecule has 0 unspecified atom stereocenters. The van der Waals surface area contributed by atoms with Gasteiger partial charge in [0.25, 0.3) is 0 Å². The molecular formula is C21H17ClO6. The van der Waals surface area contributed by atoms with Crippen molar-refractivity contribution >= 4 is 34.5 Å². The molecule has 0 spiro atoms. The second-order valence-electron chi connectivity index (χ2n) is 6.15. The van der Waals surface area contributed by atoms with E-state index in [0.717, 1.165) is 5.56 Å². The van der Waals surface area contributed by atoms with Gasteiger partial charge in [-0.1, -0.05) is 23.7 Å². The van der Waals surface area contributed by atoms with E-state index in [9.17, 15) is 14.4 Å². The fraction of sp³-hybridized carbons (Fsp3) is 0.190. The molecule has 0 saturated carbocycles. The molecule has 3 aromatic rings. The van der Waals surface area contributed by atoms with Crippen LogP contribution in [0.3, 0.4) is 0 Å². The average molecular weight is 401 g/mol. The van der Waals surface area contributed by atoms with E-state index < -0.39 is 11.6 Å². The lowest BCUT2D eigenvalue weighted by Crippen LogP contribution is -2.11. The third kappa shape index (κ3) is 4.23. The lowest BCUT2D eigenvalue weighted by atomic mass is 10.0. The standard InChI is InChI=1S/C21H17ClO6/c1-12-9-20(24)27-18-11-17(13(10-15(12)18)7-8-19(23)26-2)28-21(25)14-5-3-4-6-16(14)22/h3-6,9-11H,7-8H2,1-2H3. The van der Waals surface area contributed by atoms with Crippen molar-refractivity contribution in [1.29, 1.82) is 0 Å². The van der Waals surface area contributed by atoms with Crippen LogP contribution in [-0.4, -0.2) is 19.0 Å². The zero-order valence-electron chi connectivity index (χ0n) is 15.3. The zero-order valence-corrected chi connectivity index (χ0v) is 16.0. The predicted octanol–water partition coefficient (Wildman–Crippen LogP) is 4.08. The van der Waals surface area contributed by atoms with E-state index in [0.29, 0.717) is 10.9 Å². The van der Waals surface area contributed by atoms with Crippen LogP contribution in [0.1, 0.15) is 27.9 Å². The average Bonchev–Trinajstić information content (AvgIpc) is 2.66. The summed E-state index contributed by atoms with van der Waals surface area (Å²) in [5.74, 6) is -0.853. The van der Waals surface area contributed by atoms with Crippen LogP contribution < -0.4 is 10.4 Å². The van der Waals surface area contributed by atoms with Gasteiger partial charge in [-0.05, 0) is 42.7 Å². The number of carbonyl (C=O) groups is 2. The minimum Gasteiger partial charge on any atom is -0.469 e. The van der Waals surface area contributed by atoms with Crippen molar-refractivity contribution < 1.29 is 23.5 Å². The van der Waals surface area contributed by atoms with Gasteiger partial charge in [-0.25, -0.2) is 9.59 Å². The van der Waals surface area contributed by atoms with Gasteiger partial charge < -0.3 is 13.9 Å². The number of hydrogen-bond donors (Lipinski definition) is 0. The molecule has 1 heterocycles. The monoisotopic (exact) mass is 400 g/mol. The molecule has 3 rings (SSSR count). The molecule has 7 heteroatoms. The molecule has 144 valence electrons. The molecule has 0 saturated heterocycles. The molecule has 0 fully saturated rings. The summed E-state index contributed by atoms with van der Waals surface area (Å²) in [6.07, 6.45) is 0.390. The highest BCUT2D eigenvalue weighted by Gasteiger charge is 2.17. The first-order valence-corrected chi connectivity index (χ1v) is 8.87. The molecule has 0 radical (unpaired) electrons. The number of aryl methyl sites for hydroxylation is 2. The van der Waals surface area contributed by atoms with Gasteiger partial charge in [-0.15, -0.1) is 0 Å². The van der Waals surface area contributed by atoms with Gasteiger partial charge >= 0.3 is 17.6 Å². The van der Waals surface area contributed by atoms with Gasteiger partial charge in [0, 0.05) is 23.9 Å². The van der Waals surface area contributed by atoms with Gasteiger partial charge in [-0.3, -0.25) is 4.79 Å². The molecule has 0 N–H and O–H groups in total. The Morgan fingerprint density at radius 1 is 1.14 bits per heavy atom. The summed E-state index contributed by atoms with van der Waals surface area (Å²) in [6, 6.07) is 11.1. The number of halogens is 1. The summed E-state index contributed by atoms with van der Waals surface area (Å²) in [5, 5.41) is 0.948. The molecule has 0 aliphatic carbocycles. The van der Waals surface area contributed by atoms with E-state index in [2.05, 4.69) is 4.74 Å². The fourth-order valence-electron chi connectivity index (χ4n) is 2.80. The maximum absolute atomic E-state index is 12.6. The number of esters is 2. The number of fused-ring (bicyclic) bond motifs is 1. The van der Waals surface area contributed by atoms with Crippen LogP contribution in [0.2, 0.25) is 5.02 Å². The van der Waals surface area contributed by atoms with Gasteiger partial charge in [0.15, 0.2) is 0 Å². The number of rotatable bonds is 5. The maximum Gasteiger partial charge on any atom is 0.345 e. The second kappa shape index (κ2) is 8.27. The van der Waals surface area contributed by atoms with Gasteiger partial charge in [0.2, 0.25) is 0 Å². The van der Waals surface area contributed by atoms with Crippen molar-refractivity contribution in [2.75, 3.05) is 7.11 Å². The highest BCUT2D eigenvalue weighted by Crippen LogP contribution is 2.29. The summed E-state index contributed by atoms with van der Waals surface area (Å²) in [7, 11) is 1.31. The number of benzene rings is 2. The Hall–Kier alpha value is -3.12. The minimum atomic E-state index is -0.653. The third-order valence-electron chi connectivity index (χ3n) is 4.26. The number of ether oxygens (including phenoxy) is 2. The second-order valence-corrected chi connectivity index (χ2v) is 6.56. The minimum absolute atomic E-state index is 0.106. The largest absolute Gasteiger partial charge is 0.469 e. The summed E-state index contributed by atoms with van der Waals surface area (Å²) in [6.45, 7) is 1.78. The van der Waals surface area contributed by atoms with Crippen molar-refractivity contribution in [3.8, 4) is 5.75 Å². The fourth-order valence-corrected chi connectivity index (χ4v) is 3.01. The topological polar surface area (TPSA) is 82.8 Å². The maximum atomic E-state index is 12.6. The van der Waals surface area contributed by atoms with E-state index in [1.54, 1.807) is 37.3 Å². The van der Waals surface area contributed by atoms with Gasteiger partial charge in [-0.2, -0.15) is 0 Å². The van der Waals surface area contributed by atoms with E-state index in [4.69, 9.17) is 20.8 Å². The van der Waals surface area contributed by atoms with Crippen LogP contribution in [0, 0.1) is 6.92 Å². The Kier molecular flexibility index (Phi) is 5.80. The molecule has 2 aromatic carbocycles. The van der Waals surface area contributed by atoms with Gasteiger partial charge in [0.05, 0.1) is 17.7 Å². The summed E-state index contributed by atoms with van der Waals surface area (Å²) >= 11 is 6.06. The quantitative estimate of drug-likeness (QED) is 0.364. The Bertz CT molecular complexity index is 1120. The Morgan fingerprint density at radius 2 is 1.89 bits per heavy atom. The van der Waals surface area contributed by atoms with Crippen LogP contribution in [-0.2, 0) is 16.0 Å². The lowest BCUT2D eigenvalue weighted by molar-refractivity contribution is -0.140. The van der Waals surface area contributed by atoms with Crippen LogP contribution >= 0.6 is 11.6 Å². The molecule has 0 aliphatic heterocycles. The first kappa shape index (κ1) is 19.6. The molecule has 0 aliphatic rings. The van der Waals surface area contributed by atoms with E-state index in [-0.39, 0.29) is 40.7 Å². The van der Waals surface area contributed by atoms with E-state index in [1.807, 2.05) is 0 Å². The molecular weight excluding hydrogens is 384 g/mol. The highest BCUT2D eigenvalue weighted by atomic mass is 35.5. The highest BCUT2D eigenvalue weighted by molar-refractivity contribution is 6.33. The van der Waals surface area contributed by atoms with Crippen LogP contribution in [0.4, 0.5) is 0 Å². The molecule has 6 nitrogen and oxygen atoms in total. The number of methoxy groups -OCH3 is 1. The number of carbonyl (C=O) groups excluding carboxylic acids is 2. The smallest absolute Gasteiger partial charge is 0.345 e. The predicted molar refractivity (Wildman–Crippen MR) is 104 cm³/mol. The molecule has 1 aromatic heterocycles. The molecule has 0 bridgehead atoms. The first-order chi connectivity index (χ1) is 13.4. The van der Waals surface area contributed by atoms with Crippen LogP contribution in [0.25, 0.3) is 11.0 Å².